The number of rotatable bonds is 6. The standard InChI is InChI=1S/C25H27Cl3N4O/c1-17-20(16-23(30(17)2)18-6-8-19(26)9-7-18)25(33)29-10-11-31-12-14-32(15-13-31)22-5-3-4-21(27)24(22)28/h3-9,16H,10-15H2,1-2H3,(H,29,33). The largest absolute Gasteiger partial charge is 0.368 e. The van der Waals surface area contributed by atoms with Crippen LogP contribution in [0, 0.1) is 6.92 Å². The molecule has 174 valence electrons. The van der Waals surface area contributed by atoms with Crippen molar-refractivity contribution in [1.29, 1.82) is 0 Å². The molecule has 0 unspecified atom stereocenters. The van der Waals surface area contributed by atoms with Crippen LogP contribution in [0.25, 0.3) is 11.3 Å². The van der Waals surface area contributed by atoms with E-state index in [0.29, 0.717) is 27.2 Å². The lowest BCUT2D eigenvalue weighted by Gasteiger charge is -2.36. The molecule has 0 spiro atoms. The number of halogens is 3. The summed E-state index contributed by atoms with van der Waals surface area (Å²) >= 11 is 18.5. The molecule has 33 heavy (non-hydrogen) atoms. The first-order valence-corrected chi connectivity index (χ1v) is 12.1. The number of nitrogens with zero attached hydrogens (tertiary/aromatic N) is 3. The van der Waals surface area contributed by atoms with E-state index in [4.69, 9.17) is 34.8 Å². The molecule has 0 saturated carbocycles. The van der Waals surface area contributed by atoms with Gasteiger partial charge in [0.25, 0.3) is 5.91 Å². The van der Waals surface area contributed by atoms with Crippen LogP contribution in [0.2, 0.25) is 15.1 Å². The number of amides is 1. The monoisotopic (exact) mass is 504 g/mol. The van der Waals surface area contributed by atoms with Gasteiger partial charge >= 0.3 is 0 Å². The SMILES string of the molecule is Cc1c(C(=O)NCCN2CCN(c3cccc(Cl)c3Cl)CC2)cc(-c2ccc(Cl)cc2)n1C. The normalized spacial score (nSPS) is 14.5. The Morgan fingerprint density at radius 3 is 2.39 bits per heavy atom. The maximum Gasteiger partial charge on any atom is 0.253 e. The van der Waals surface area contributed by atoms with Crippen LogP contribution in [0.5, 0.6) is 0 Å². The highest BCUT2D eigenvalue weighted by atomic mass is 35.5. The molecule has 0 atom stereocenters. The number of hydrogen-bond donors (Lipinski definition) is 1. The van der Waals surface area contributed by atoms with Crippen molar-refractivity contribution in [1.82, 2.24) is 14.8 Å². The molecule has 0 bridgehead atoms. The van der Waals surface area contributed by atoms with E-state index in [9.17, 15) is 4.79 Å². The van der Waals surface area contributed by atoms with Crippen LogP contribution >= 0.6 is 34.8 Å². The van der Waals surface area contributed by atoms with Gasteiger partial charge in [-0.1, -0.05) is 53.0 Å². The smallest absolute Gasteiger partial charge is 0.253 e. The van der Waals surface area contributed by atoms with Gasteiger partial charge in [0.05, 0.1) is 21.3 Å². The van der Waals surface area contributed by atoms with Gasteiger partial charge in [-0.05, 0) is 42.8 Å². The second-order valence-corrected chi connectivity index (χ2v) is 9.47. The first-order valence-electron chi connectivity index (χ1n) is 11.0. The zero-order chi connectivity index (χ0) is 23.5. The van der Waals surface area contributed by atoms with E-state index in [0.717, 1.165) is 55.4 Å². The fourth-order valence-electron chi connectivity index (χ4n) is 4.20. The first-order chi connectivity index (χ1) is 15.8. The lowest BCUT2D eigenvalue weighted by molar-refractivity contribution is 0.0947. The number of carbonyl (C=O) groups excluding carboxylic acids is 1. The third-order valence-electron chi connectivity index (χ3n) is 6.28. The summed E-state index contributed by atoms with van der Waals surface area (Å²) in [6.45, 7) is 6.93. The molecule has 2 aromatic carbocycles. The number of anilines is 1. The average Bonchev–Trinajstić information content (AvgIpc) is 3.11. The van der Waals surface area contributed by atoms with Crippen LogP contribution in [-0.4, -0.2) is 54.6 Å². The molecule has 5 nitrogen and oxygen atoms in total. The highest BCUT2D eigenvalue weighted by molar-refractivity contribution is 6.43. The van der Waals surface area contributed by atoms with Crippen molar-refractivity contribution in [2.75, 3.05) is 44.2 Å². The Kier molecular flexibility index (Phi) is 7.55. The third-order valence-corrected chi connectivity index (χ3v) is 7.34. The molecule has 4 rings (SSSR count). The maximum atomic E-state index is 12.9. The van der Waals surface area contributed by atoms with E-state index >= 15 is 0 Å². The Labute approximate surface area is 209 Å². The quantitative estimate of drug-likeness (QED) is 0.480. The van der Waals surface area contributed by atoms with Crippen LogP contribution in [0.1, 0.15) is 16.1 Å². The summed E-state index contributed by atoms with van der Waals surface area (Å²) in [6.07, 6.45) is 0. The number of nitrogens with one attached hydrogen (secondary N) is 1. The Morgan fingerprint density at radius 1 is 1.00 bits per heavy atom. The number of carbonyl (C=O) groups is 1. The number of aromatic nitrogens is 1. The minimum Gasteiger partial charge on any atom is -0.368 e. The van der Waals surface area contributed by atoms with Gasteiger partial charge in [0.15, 0.2) is 0 Å². The van der Waals surface area contributed by atoms with Crippen molar-refractivity contribution < 1.29 is 4.79 Å². The summed E-state index contributed by atoms with van der Waals surface area (Å²) in [7, 11) is 1.97. The lowest BCUT2D eigenvalue weighted by Crippen LogP contribution is -2.48. The Morgan fingerprint density at radius 2 is 1.70 bits per heavy atom. The van der Waals surface area contributed by atoms with Crippen LogP contribution in [0.4, 0.5) is 5.69 Å². The van der Waals surface area contributed by atoms with Crippen LogP contribution in [-0.2, 0) is 7.05 Å². The average molecular weight is 506 g/mol. The molecule has 0 radical (unpaired) electrons. The van der Waals surface area contributed by atoms with E-state index in [1.54, 1.807) is 6.07 Å². The predicted molar refractivity (Wildman–Crippen MR) is 138 cm³/mol. The van der Waals surface area contributed by atoms with Crippen molar-refractivity contribution in [3.63, 3.8) is 0 Å². The zero-order valence-electron chi connectivity index (χ0n) is 18.7. The van der Waals surface area contributed by atoms with Gasteiger partial charge in [0.2, 0.25) is 0 Å². The van der Waals surface area contributed by atoms with Gasteiger partial charge in [0, 0.05) is 62.7 Å². The molecule has 0 aliphatic carbocycles. The number of piperazine rings is 1. The maximum absolute atomic E-state index is 12.9. The van der Waals surface area contributed by atoms with Crippen molar-refractivity contribution in [3.8, 4) is 11.3 Å². The molecule has 1 saturated heterocycles. The summed E-state index contributed by atoms with van der Waals surface area (Å²) in [4.78, 5) is 17.5. The topological polar surface area (TPSA) is 40.5 Å². The molecule has 8 heteroatoms. The van der Waals surface area contributed by atoms with Crippen LogP contribution in [0.15, 0.2) is 48.5 Å². The minimum atomic E-state index is -0.0485. The van der Waals surface area contributed by atoms with Crippen LogP contribution in [0.3, 0.4) is 0 Å². The second kappa shape index (κ2) is 10.4. The Balaban J connectivity index is 1.30. The second-order valence-electron chi connectivity index (χ2n) is 8.25. The van der Waals surface area contributed by atoms with Crippen molar-refractivity contribution >= 4 is 46.4 Å². The fourth-order valence-corrected chi connectivity index (χ4v) is 4.74. The van der Waals surface area contributed by atoms with Gasteiger partial charge in [-0.3, -0.25) is 9.69 Å². The summed E-state index contributed by atoms with van der Waals surface area (Å²) in [5.41, 5.74) is 4.63. The fraction of sp³-hybridized carbons (Fsp3) is 0.320. The van der Waals surface area contributed by atoms with Gasteiger partial charge < -0.3 is 14.8 Å². The van der Waals surface area contributed by atoms with E-state index in [2.05, 4.69) is 15.1 Å². The van der Waals surface area contributed by atoms with Gasteiger partial charge in [-0.2, -0.15) is 0 Å². The number of hydrogen-bond acceptors (Lipinski definition) is 3. The Bertz CT molecular complexity index is 1140. The summed E-state index contributed by atoms with van der Waals surface area (Å²) in [5, 5.41) is 4.96. The minimum absolute atomic E-state index is 0.0485. The summed E-state index contributed by atoms with van der Waals surface area (Å²) in [6, 6.07) is 15.3. The molecule has 3 aromatic rings. The molecule has 1 aliphatic rings. The highest BCUT2D eigenvalue weighted by Gasteiger charge is 2.20. The van der Waals surface area contributed by atoms with Crippen molar-refractivity contribution in [2.45, 2.75) is 6.92 Å². The summed E-state index contributed by atoms with van der Waals surface area (Å²) < 4.78 is 2.04. The molecule has 1 N–H and O–H groups in total. The van der Waals surface area contributed by atoms with E-state index in [1.165, 1.54) is 0 Å². The van der Waals surface area contributed by atoms with Crippen molar-refractivity contribution in [3.05, 3.63) is 74.9 Å². The van der Waals surface area contributed by atoms with Crippen molar-refractivity contribution in [2.24, 2.45) is 7.05 Å². The predicted octanol–water partition coefficient (Wildman–Crippen LogP) is 5.51. The van der Waals surface area contributed by atoms with Gasteiger partial charge in [0.1, 0.15) is 0 Å². The summed E-state index contributed by atoms with van der Waals surface area (Å²) in [5.74, 6) is -0.0485. The molecule has 2 heterocycles. The molecule has 1 amide bonds. The highest BCUT2D eigenvalue weighted by Crippen LogP contribution is 2.33. The zero-order valence-corrected chi connectivity index (χ0v) is 21.0. The molecule has 1 aromatic heterocycles. The van der Waals surface area contributed by atoms with Gasteiger partial charge in [-0.25, -0.2) is 0 Å². The third kappa shape index (κ3) is 5.33. The van der Waals surface area contributed by atoms with Gasteiger partial charge in [-0.15, -0.1) is 0 Å². The van der Waals surface area contributed by atoms with E-state index in [1.807, 2.05) is 61.0 Å². The molecular weight excluding hydrogens is 479 g/mol. The first kappa shape index (κ1) is 24.0. The molecule has 1 fully saturated rings. The molecule has 1 aliphatic heterocycles. The lowest BCUT2D eigenvalue weighted by atomic mass is 10.1. The van der Waals surface area contributed by atoms with E-state index in [-0.39, 0.29) is 5.91 Å². The van der Waals surface area contributed by atoms with E-state index < -0.39 is 0 Å². The Hall–Kier alpha value is -2.18. The number of benzene rings is 2. The van der Waals surface area contributed by atoms with Crippen LogP contribution < -0.4 is 10.2 Å². The molecular formula is C25H27Cl3N4O.